The molecule has 2 amide bonds. The normalized spacial score (nSPS) is 13.1. The van der Waals surface area contributed by atoms with Crippen LogP contribution in [0.4, 0.5) is 0 Å². The fourth-order valence-corrected chi connectivity index (χ4v) is 2.17. The van der Waals surface area contributed by atoms with E-state index >= 15 is 0 Å². The van der Waals surface area contributed by atoms with E-state index in [-0.39, 0.29) is 18.8 Å². The maximum atomic E-state index is 12.4. The molecule has 25 heavy (non-hydrogen) atoms. The van der Waals surface area contributed by atoms with Crippen LogP contribution < -0.4 is 10.6 Å². The van der Waals surface area contributed by atoms with Crippen LogP contribution in [0.1, 0.15) is 32.4 Å². The minimum atomic E-state index is -1.33. The molecule has 0 radical (unpaired) electrons. The highest BCUT2D eigenvalue weighted by Gasteiger charge is 2.28. The van der Waals surface area contributed by atoms with Crippen LogP contribution in [-0.4, -0.2) is 56.0 Å². The van der Waals surface area contributed by atoms with Gasteiger partial charge in [-0.2, -0.15) is 0 Å². The van der Waals surface area contributed by atoms with Crippen LogP contribution in [0.2, 0.25) is 0 Å². The zero-order chi connectivity index (χ0) is 19.0. The van der Waals surface area contributed by atoms with Crippen molar-refractivity contribution in [1.82, 2.24) is 20.6 Å². The molecule has 0 aliphatic rings. The lowest BCUT2D eigenvalue weighted by Gasteiger charge is -2.22. The lowest BCUT2D eigenvalue weighted by molar-refractivity contribution is -0.143. The van der Waals surface area contributed by atoms with Crippen molar-refractivity contribution in [1.29, 1.82) is 0 Å². The van der Waals surface area contributed by atoms with Crippen molar-refractivity contribution in [2.75, 3.05) is 0 Å². The molecule has 1 rings (SSSR count). The van der Waals surface area contributed by atoms with Crippen molar-refractivity contribution >= 4 is 23.8 Å². The van der Waals surface area contributed by atoms with Crippen LogP contribution >= 0.6 is 0 Å². The third-order valence-corrected chi connectivity index (χ3v) is 3.26. The quantitative estimate of drug-likeness (QED) is 0.355. The van der Waals surface area contributed by atoms with E-state index in [9.17, 15) is 24.3 Å². The van der Waals surface area contributed by atoms with E-state index in [0.717, 1.165) is 0 Å². The molecule has 1 heterocycles. The highest BCUT2D eigenvalue weighted by atomic mass is 16.4. The van der Waals surface area contributed by atoms with Gasteiger partial charge in [0.2, 0.25) is 11.8 Å². The lowest BCUT2D eigenvalue weighted by Crippen LogP contribution is -2.53. The Bertz CT molecular complexity index is 614. The van der Waals surface area contributed by atoms with Gasteiger partial charge in [-0.25, -0.2) is 9.78 Å². The third kappa shape index (κ3) is 7.46. The van der Waals surface area contributed by atoms with Crippen molar-refractivity contribution in [2.24, 2.45) is 5.92 Å². The Balaban J connectivity index is 2.84. The molecule has 0 aromatic carbocycles. The van der Waals surface area contributed by atoms with Crippen molar-refractivity contribution in [3.8, 4) is 0 Å². The number of nitrogens with one attached hydrogen (secondary N) is 3. The average molecular weight is 354 g/mol. The van der Waals surface area contributed by atoms with Gasteiger partial charge in [-0.1, -0.05) is 13.8 Å². The van der Waals surface area contributed by atoms with E-state index in [1.807, 2.05) is 13.8 Å². The number of carbonyl (C=O) groups excluding carboxylic acids is 2. The summed E-state index contributed by atoms with van der Waals surface area (Å²) in [6.45, 7) is 3.64. The SMILES string of the molecule is CC(C)C[C@H](NC(=O)[C@H](Cc1cnc[nH]1)NC(=O)CC(=O)O)C(=O)O. The number of hydrogen-bond acceptors (Lipinski definition) is 5. The van der Waals surface area contributed by atoms with Gasteiger partial charge in [-0.3, -0.25) is 14.4 Å². The fraction of sp³-hybridized carbons (Fsp3) is 0.533. The summed E-state index contributed by atoms with van der Waals surface area (Å²) in [6, 6.07) is -2.23. The number of hydrogen-bond donors (Lipinski definition) is 5. The number of carboxylic acid groups (broad SMARTS) is 2. The highest BCUT2D eigenvalue weighted by molar-refractivity contribution is 5.96. The Morgan fingerprint density at radius 1 is 1.16 bits per heavy atom. The highest BCUT2D eigenvalue weighted by Crippen LogP contribution is 2.07. The van der Waals surface area contributed by atoms with Gasteiger partial charge >= 0.3 is 11.9 Å². The van der Waals surface area contributed by atoms with Gasteiger partial charge in [0.1, 0.15) is 18.5 Å². The number of H-pyrrole nitrogens is 1. The Morgan fingerprint density at radius 2 is 1.84 bits per heavy atom. The molecule has 0 unspecified atom stereocenters. The smallest absolute Gasteiger partial charge is 0.326 e. The second-order valence-electron chi connectivity index (χ2n) is 6.00. The van der Waals surface area contributed by atoms with Crippen LogP contribution in [0.25, 0.3) is 0 Å². The predicted molar refractivity (Wildman–Crippen MR) is 85.5 cm³/mol. The van der Waals surface area contributed by atoms with Gasteiger partial charge in [0.05, 0.1) is 6.33 Å². The Labute approximate surface area is 144 Å². The number of aromatic amines is 1. The summed E-state index contributed by atoms with van der Waals surface area (Å²) >= 11 is 0. The van der Waals surface area contributed by atoms with E-state index in [2.05, 4.69) is 20.6 Å². The molecule has 1 aromatic heterocycles. The second kappa shape index (κ2) is 9.40. The lowest BCUT2D eigenvalue weighted by atomic mass is 10.0. The molecular formula is C15H22N4O6. The molecule has 0 aliphatic carbocycles. The largest absolute Gasteiger partial charge is 0.481 e. The minimum Gasteiger partial charge on any atom is -0.481 e. The molecular weight excluding hydrogens is 332 g/mol. The monoisotopic (exact) mass is 354 g/mol. The molecule has 0 bridgehead atoms. The molecule has 0 aliphatic heterocycles. The molecule has 1 aromatic rings. The first kappa shape index (κ1) is 20.1. The number of carboxylic acids is 2. The van der Waals surface area contributed by atoms with Gasteiger partial charge in [0, 0.05) is 18.3 Å². The average Bonchev–Trinajstić information content (AvgIpc) is 2.97. The number of rotatable bonds is 10. The number of amides is 2. The zero-order valence-corrected chi connectivity index (χ0v) is 14.0. The Hall–Kier alpha value is -2.91. The van der Waals surface area contributed by atoms with Crippen LogP contribution in [0.15, 0.2) is 12.5 Å². The second-order valence-corrected chi connectivity index (χ2v) is 6.00. The maximum Gasteiger partial charge on any atom is 0.326 e. The van der Waals surface area contributed by atoms with Gasteiger partial charge in [0.25, 0.3) is 0 Å². The van der Waals surface area contributed by atoms with Gasteiger partial charge in [-0.15, -0.1) is 0 Å². The number of carbonyl (C=O) groups is 4. The van der Waals surface area contributed by atoms with E-state index in [0.29, 0.717) is 5.69 Å². The molecule has 2 atom stereocenters. The Kier molecular flexibility index (Phi) is 7.57. The summed E-state index contributed by atoms with van der Waals surface area (Å²) in [5.74, 6) is -4.03. The summed E-state index contributed by atoms with van der Waals surface area (Å²) in [5.41, 5.74) is 0.534. The van der Waals surface area contributed by atoms with E-state index in [4.69, 9.17) is 5.11 Å². The van der Waals surface area contributed by atoms with E-state index < -0.39 is 42.3 Å². The first-order chi connectivity index (χ1) is 11.7. The number of aliphatic carboxylic acids is 2. The topological polar surface area (TPSA) is 161 Å². The molecule has 10 nitrogen and oxygen atoms in total. The molecule has 10 heteroatoms. The van der Waals surface area contributed by atoms with Crippen LogP contribution in [-0.2, 0) is 25.6 Å². The summed E-state index contributed by atoms with van der Waals surface area (Å²) in [6.07, 6.45) is 2.29. The standard InChI is InChI=1S/C15H22N4O6/c1-8(2)3-11(15(24)25)19-14(23)10(4-9-6-16-7-17-9)18-12(20)5-13(21)22/h6-8,10-11H,3-5H2,1-2H3,(H,16,17)(H,18,20)(H,19,23)(H,21,22)(H,24,25)/t10-,11-/m0/s1. The molecule has 0 fully saturated rings. The number of aromatic nitrogens is 2. The minimum absolute atomic E-state index is 0.0191. The molecule has 0 saturated heterocycles. The van der Waals surface area contributed by atoms with Crippen molar-refractivity contribution < 1.29 is 29.4 Å². The summed E-state index contributed by atoms with van der Waals surface area (Å²) in [5, 5.41) is 22.6. The van der Waals surface area contributed by atoms with Crippen LogP contribution in [0.5, 0.6) is 0 Å². The zero-order valence-electron chi connectivity index (χ0n) is 14.0. The summed E-state index contributed by atoms with van der Waals surface area (Å²) < 4.78 is 0. The first-order valence-corrected chi connectivity index (χ1v) is 7.70. The summed E-state index contributed by atoms with van der Waals surface area (Å²) in [4.78, 5) is 52.6. The van der Waals surface area contributed by atoms with Gasteiger partial charge in [-0.05, 0) is 12.3 Å². The molecule has 0 saturated carbocycles. The van der Waals surface area contributed by atoms with Crippen molar-refractivity contribution in [2.45, 2.75) is 45.2 Å². The van der Waals surface area contributed by atoms with Gasteiger partial charge in [0.15, 0.2) is 0 Å². The molecule has 5 N–H and O–H groups in total. The summed E-state index contributed by atoms with van der Waals surface area (Å²) in [7, 11) is 0. The van der Waals surface area contributed by atoms with Crippen molar-refractivity contribution in [3.63, 3.8) is 0 Å². The number of imidazole rings is 1. The maximum absolute atomic E-state index is 12.4. The molecule has 0 spiro atoms. The van der Waals surface area contributed by atoms with Crippen molar-refractivity contribution in [3.05, 3.63) is 18.2 Å². The molecule has 138 valence electrons. The van der Waals surface area contributed by atoms with E-state index in [1.165, 1.54) is 12.5 Å². The first-order valence-electron chi connectivity index (χ1n) is 7.70. The predicted octanol–water partition coefficient (Wildman–Crippen LogP) is -0.473. The van der Waals surface area contributed by atoms with E-state index in [1.54, 1.807) is 0 Å². The number of nitrogens with zero attached hydrogens (tertiary/aromatic N) is 1. The van der Waals surface area contributed by atoms with Crippen LogP contribution in [0, 0.1) is 5.92 Å². The van der Waals surface area contributed by atoms with Gasteiger partial charge < -0.3 is 25.8 Å². The fourth-order valence-electron chi connectivity index (χ4n) is 2.17. The third-order valence-electron chi connectivity index (χ3n) is 3.26. The Morgan fingerprint density at radius 3 is 2.32 bits per heavy atom. The van der Waals surface area contributed by atoms with Crippen LogP contribution in [0.3, 0.4) is 0 Å².